The number of methoxy groups -OCH3 is 2. The second-order valence-corrected chi connectivity index (χ2v) is 6.65. The molecule has 0 bridgehead atoms. The summed E-state index contributed by atoms with van der Waals surface area (Å²) in [7, 11) is -0.415. The first kappa shape index (κ1) is 19.2. The Morgan fingerprint density at radius 1 is 1.08 bits per heavy atom. The summed E-state index contributed by atoms with van der Waals surface area (Å²) in [5, 5.41) is 2.24. The predicted octanol–water partition coefficient (Wildman–Crippen LogP) is 1.02. The zero-order valence-electron chi connectivity index (χ0n) is 14.5. The van der Waals surface area contributed by atoms with E-state index in [1.807, 2.05) is 0 Å². The van der Waals surface area contributed by atoms with Gasteiger partial charge in [-0.15, -0.1) is 4.98 Å². The summed E-state index contributed by atoms with van der Waals surface area (Å²) in [5.41, 5.74) is 1.06. The summed E-state index contributed by atoms with van der Waals surface area (Å²) in [6, 6.07) is 5.58. The molecule has 0 fully saturated rings. The van der Waals surface area contributed by atoms with E-state index in [0.717, 1.165) is 7.05 Å². The molecule has 0 saturated carbocycles. The van der Waals surface area contributed by atoms with Crippen LogP contribution in [0.15, 0.2) is 24.3 Å². The van der Waals surface area contributed by atoms with E-state index < -0.39 is 16.2 Å². The van der Waals surface area contributed by atoms with Crippen molar-refractivity contribution in [1.29, 1.82) is 0 Å². The number of amides is 2. The topological polar surface area (TPSA) is 136 Å². The van der Waals surface area contributed by atoms with Crippen molar-refractivity contribution in [3.05, 3.63) is 29.8 Å². The van der Waals surface area contributed by atoms with E-state index in [1.54, 1.807) is 31.2 Å². The molecule has 140 valence electrons. The average molecular weight is 382 g/mol. The maximum Gasteiger partial charge on any atom is 0.339 e. The summed E-state index contributed by atoms with van der Waals surface area (Å²) in [6.07, 6.45) is 0. The van der Waals surface area contributed by atoms with Gasteiger partial charge in [0.05, 0.1) is 19.9 Å². The van der Waals surface area contributed by atoms with Crippen molar-refractivity contribution in [2.75, 3.05) is 31.3 Å². The number of nitrogens with zero attached hydrogens (tertiary/aromatic N) is 4. The number of aryl methyl sites for hydroxylation is 1. The van der Waals surface area contributed by atoms with Crippen molar-refractivity contribution in [2.24, 2.45) is 0 Å². The summed E-state index contributed by atoms with van der Waals surface area (Å²) >= 11 is 0. The lowest BCUT2D eigenvalue weighted by molar-refractivity contribution is 0.240. The standard InChI is InChI=1S/C14H18N6O5S/c1-9-7-5-6-8-10(9)19-26(22,23)20(2)14(21)17-11-15-12(24-3)18-13(16-11)25-4/h5-8,19H,1-4H3,(H,15,16,17,18,21). The summed E-state index contributed by atoms with van der Waals surface area (Å²) in [4.78, 5) is 23.6. The molecule has 11 nitrogen and oxygen atoms in total. The van der Waals surface area contributed by atoms with E-state index >= 15 is 0 Å². The van der Waals surface area contributed by atoms with Gasteiger partial charge in [-0.3, -0.25) is 10.0 Å². The van der Waals surface area contributed by atoms with Gasteiger partial charge in [0.1, 0.15) is 0 Å². The van der Waals surface area contributed by atoms with Crippen LogP contribution in [0.25, 0.3) is 0 Å². The van der Waals surface area contributed by atoms with Gasteiger partial charge in [-0.25, -0.2) is 9.10 Å². The minimum Gasteiger partial charge on any atom is -0.467 e. The second kappa shape index (κ2) is 7.82. The molecule has 2 rings (SSSR count). The van der Waals surface area contributed by atoms with E-state index in [9.17, 15) is 13.2 Å². The Bertz CT molecular complexity index is 882. The van der Waals surface area contributed by atoms with Gasteiger partial charge in [0.25, 0.3) is 0 Å². The van der Waals surface area contributed by atoms with Gasteiger partial charge < -0.3 is 9.47 Å². The van der Waals surface area contributed by atoms with E-state index in [-0.39, 0.29) is 18.0 Å². The number of carbonyl (C=O) groups is 1. The van der Waals surface area contributed by atoms with Gasteiger partial charge in [0.2, 0.25) is 5.95 Å². The zero-order valence-corrected chi connectivity index (χ0v) is 15.4. The fraction of sp³-hybridized carbons (Fsp3) is 0.286. The first-order valence-electron chi connectivity index (χ1n) is 7.24. The molecule has 0 saturated heterocycles. The van der Waals surface area contributed by atoms with Crippen LogP contribution < -0.4 is 19.5 Å². The Kier molecular flexibility index (Phi) is 5.77. The third-order valence-corrected chi connectivity index (χ3v) is 4.57. The van der Waals surface area contributed by atoms with E-state index in [4.69, 9.17) is 9.47 Å². The Balaban J connectivity index is 2.17. The third kappa shape index (κ3) is 4.47. The van der Waals surface area contributed by atoms with E-state index in [2.05, 4.69) is 25.0 Å². The smallest absolute Gasteiger partial charge is 0.339 e. The lowest BCUT2D eigenvalue weighted by atomic mass is 10.2. The lowest BCUT2D eigenvalue weighted by Crippen LogP contribution is -2.40. The normalized spacial score (nSPS) is 10.8. The lowest BCUT2D eigenvalue weighted by Gasteiger charge is -2.19. The van der Waals surface area contributed by atoms with E-state index in [0.29, 0.717) is 15.6 Å². The van der Waals surface area contributed by atoms with Crippen molar-refractivity contribution in [3.63, 3.8) is 0 Å². The van der Waals surface area contributed by atoms with Gasteiger partial charge in [-0.1, -0.05) is 18.2 Å². The van der Waals surface area contributed by atoms with Gasteiger partial charge >= 0.3 is 28.3 Å². The number of anilines is 2. The fourth-order valence-corrected chi connectivity index (χ4v) is 2.66. The molecule has 0 atom stereocenters. The Morgan fingerprint density at radius 3 is 2.19 bits per heavy atom. The molecule has 0 unspecified atom stereocenters. The highest BCUT2D eigenvalue weighted by molar-refractivity contribution is 7.90. The van der Waals surface area contributed by atoms with Gasteiger partial charge in [-0.2, -0.15) is 18.4 Å². The fourth-order valence-electron chi connectivity index (χ4n) is 1.75. The molecule has 0 aliphatic heterocycles. The largest absolute Gasteiger partial charge is 0.467 e. The van der Waals surface area contributed by atoms with Crippen LogP contribution in [0.2, 0.25) is 0 Å². The molecular weight excluding hydrogens is 364 g/mol. The zero-order chi connectivity index (χ0) is 19.3. The molecule has 0 aliphatic carbocycles. The molecule has 0 aliphatic rings. The highest BCUT2D eigenvalue weighted by atomic mass is 32.2. The number of aromatic nitrogens is 3. The number of hydrogen-bond donors (Lipinski definition) is 2. The van der Waals surface area contributed by atoms with Gasteiger partial charge in [0.15, 0.2) is 0 Å². The molecule has 26 heavy (non-hydrogen) atoms. The first-order chi connectivity index (χ1) is 12.3. The molecule has 12 heteroatoms. The number of urea groups is 1. The van der Waals surface area contributed by atoms with Crippen molar-refractivity contribution in [2.45, 2.75) is 6.92 Å². The highest BCUT2D eigenvalue weighted by Crippen LogP contribution is 2.17. The number of para-hydroxylation sites is 1. The van der Waals surface area contributed by atoms with Crippen LogP contribution in [-0.2, 0) is 10.2 Å². The Hall–Kier alpha value is -3.15. The van der Waals surface area contributed by atoms with Crippen LogP contribution in [0.3, 0.4) is 0 Å². The van der Waals surface area contributed by atoms with Crippen LogP contribution in [-0.4, -0.2) is 55.0 Å². The summed E-state index contributed by atoms with van der Waals surface area (Å²) in [6.45, 7) is 1.74. The molecule has 1 heterocycles. The summed E-state index contributed by atoms with van der Waals surface area (Å²) in [5.74, 6) is -0.225. The average Bonchev–Trinajstić information content (AvgIpc) is 2.62. The van der Waals surface area contributed by atoms with Crippen molar-refractivity contribution >= 4 is 27.9 Å². The third-order valence-electron chi connectivity index (χ3n) is 3.21. The molecular formula is C14H18N6O5S. The minimum absolute atomic E-state index is 0.101. The van der Waals surface area contributed by atoms with E-state index in [1.165, 1.54) is 14.2 Å². The number of hydrogen-bond acceptors (Lipinski definition) is 8. The molecule has 2 aromatic rings. The molecule has 0 radical (unpaired) electrons. The van der Waals surface area contributed by atoms with Gasteiger partial charge in [-0.05, 0) is 18.6 Å². The quantitative estimate of drug-likeness (QED) is 0.756. The second-order valence-electron chi connectivity index (χ2n) is 4.95. The number of rotatable bonds is 6. The van der Waals surface area contributed by atoms with Gasteiger partial charge in [0, 0.05) is 7.05 Å². The maximum absolute atomic E-state index is 12.4. The number of benzene rings is 1. The molecule has 2 N–H and O–H groups in total. The monoisotopic (exact) mass is 382 g/mol. The predicted molar refractivity (Wildman–Crippen MR) is 93.4 cm³/mol. The Morgan fingerprint density at radius 2 is 1.65 bits per heavy atom. The van der Waals surface area contributed by atoms with Crippen LogP contribution in [0.1, 0.15) is 5.56 Å². The number of ether oxygens (including phenoxy) is 2. The molecule has 0 spiro atoms. The molecule has 2 amide bonds. The maximum atomic E-state index is 12.4. The van der Waals surface area contributed by atoms with Crippen LogP contribution in [0.5, 0.6) is 12.0 Å². The first-order valence-corrected chi connectivity index (χ1v) is 8.68. The number of nitrogens with one attached hydrogen (secondary N) is 2. The minimum atomic E-state index is -4.15. The van der Waals surface area contributed by atoms with Crippen molar-refractivity contribution in [3.8, 4) is 12.0 Å². The van der Waals surface area contributed by atoms with Crippen LogP contribution in [0, 0.1) is 6.92 Å². The molecule has 1 aromatic carbocycles. The summed E-state index contributed by atoms with van der Waals surface area (Å²) < 4.78 is 37.3. The molecule has 1 aromatic heterocycles. The van der Waals surface area contributed by atoms with Crippen LogP contribution in [0.4, 0.5) is 16.4 Å². The SMILES string of the molecule is COc1nc(NC(=O)N(C)S(=O)(=O)Nc2ccccc2C)nc(OC)n1. The number of carbonyl (C=O) groups excluding carboxylic acids is 1. The highest BCUT2D eigenvalue weighted by Gasteiger charge is 2.25. The van der Waals surface area contributed by atoms with Crippen molar-refractivity contribution < 1.29 is 22.7 Å². The Labute approximate surface area is 150 Å². The van der Waals surface area contributed by atoms with Crippen molar-refractivity contribution in [1.82, 2.24) is 19.3 Å². The van der Waals surface area contributed by atoms with Crippen LogP contribution >= 0.6 is 0 Å².